The Morgan fingerprint density at radius 3 is 2.91 bits per heavy atom. The lowest BCUT2D eigenvalue weighted by Crippen LogP contribution is -1.92. The van der Waals surface area contributed by atoms with Crippen LogP contribution in [0.4, 0.5) is 0 Å². The zero-order valence-electron chi connectivity index (χ0n) is 6.76. The van der Waals surface area contributed by atoms with Gasteiger partial charge in [-0.3, -0.25) is 4.98 Å². The molecule has 1 aromatic rings. The monoisotopic (exact) mass is 146 g/mol. The predicted octanol–water partition coefficient (Wildman–Crippen LogP) is 1.76. The number of hydrogen-bond acceptors (Lipinski definition) is 2. The first-order chi connectivity index (χ1) is 5.25. The summed E-state index contributed by atoms with van der Waals surface area (Å²) in [6.45, 7) is 3.95. The summed E-state index contributed by atoms with van der Waals surface area (Å²) in [5, 5.41) is 8.46. The van der Waals surface area contributed by atoms with Crippen molar-refractivity contribution in [1.82, 2.24) is 4.98 Å². The standard InChI is InChI=1S/C9H10N2/c1-7-8(2)11-6-4-9(7)3-5-10/h4,6H,3H2,1-2H3. The van der Waals surface area contributed by atoms with Crippen molar-refractivity contribution in [2.45, 2.75) is 20.3 Å². The summed E-state index contributed by atoms with van der Waals surface area (Å²) < 4.78 is 0. The van der Waals surface area contributed by atoms with Gasteiger partial charge in [0.2, 0.25) is 0 Å². The van der Waals surface area contributed by atoms with Gasteiger partial charge < -0.3 is 0 Å². The van der Waals surface area contributed by atoms with Crippen LogP contribution < -0.4 is 0 Å². The van der Waals surface area contributed by atoms with Crippen LogP contribution in [0.15, 0.2) is 12.3 Å². The van der Waals surface area contributed by atoms with Gasteiger partial charge >= 0.3 is 0 Å². The zero-order chi connectivity index (χ0) is 8.27. The Kier molecular flexibility index (Phi) is 2.22. The van der Waals surface area contributed by atoms with Gasteiger partial charge in [0.1, 0.15) is 0 Å². The largest absolute Gasteiger partial charge is 0.261 e. The lowest BCUT2D eigenvalue weighted by Gasteiger charge is -2.02. The maximum atomic E-state index is 8.46. The van der Waals surface area contributed by atoms with E-state index in [0.29, 0.717) is 6.42 Å². The molecule has 0 aromatic carbocycles. The average molecular weight is 146 g/mol. The van der Waals surface area contributed by atoms with Crippen LogP contribution in [0.1, 0.15) is 16.8 Å². The summed E-state index contributed by atoms with van der Waals surface area (Å²) in [7, 11) is 0. The first-order valence-corrected chi connectivity index (χ1v) is 3.53. The lowest BCUT2D eigenvalue weighted by atomic mass is 10.1. The van der Waals surface area contributed by atoms with E-state index < -0.39 is 0 Å². The molecule has 0 aliphatic carbocycles. The summed E-state index contributed by atoms with van der Waals surface area (Å²) in [5.74, 6) is 0. The van der Waals surface area contributed by atoms with E-state index in [9.17, 15) is 0 Å². The second-order valence-corrected chi connectivity index (χ2v) is 2.52. The van der Waals surface area contributed by atoms with Crippen molar-refractivity contribution < 1.29 is 0 Å². The molecule has 2 nitrogen and oxygen atoms in total. The van der Waals surface area contributed by atoms with Gasteiger partial charge in [-0.05, 0) is 31.0 Å². The minimum atomic E-state index is 0.481. The normalized spacial score (nSPS) is 9.18. The average Bonchev–Trinajstić information content (AvgIpc) is 1.99. The maximum Gasteiger partial charge on any atom is 0.0669 e. The van der Waals surface area contributed by atoms with Gasteiger partial charge in [0.25, 0.3) is 0 Å². The number of nitrogens with zero attached hydrogens (tertiary/aromatic N) is 2. The molecular weight excluding hydrogens is 136 g/mol. The first kappa shape index (κ1) is 7.74. The highest BCUT2D eigenvalue weighted by atomic mass is 14.7. The topological polar surface area (TPSA) is 36.7 Å². The number of aromatic nitrogens is 1. The summed E-state index contributed by atoms with van der Waals surface area (Å²) in [5.41, 5.74) is 3.23. The summed E-state index contributed by atoms with van der Waals surface area (Å²) >= 11 is 0. The molecule has 0 aliphatic heterocycles. The molecule has 0 saturated carbocycles. The van der Waals surface area contributed by atoms with Crippen LogP contribution in [-0.2, 0) is 6.42 Å². The maximum absolute atomic E-state index is 8.46. The van der Waals surface area contributed by atoms with Gasteiger partial charge in [-0.25, -0.2) is 0 Å². The second kappa shape index (κ2) is 3.16. The molecular formula is C9H10N2. The van der Waals surface area contributed by atoms with Gasteiger partial charge in [0, 0.05) is 11.9 Å². The summed E-state index contributed by atoms with van der Waals surface area (Å²) in [6, 6.07) is 4.02. The van der Waals surface area contributed by atoms with Gasteiger partial charge in [-0.2, -0.15) is 5.26 Å². The Morgan fingerprint density at radius 2 is 2.27 bits per heavy atom. The molecule has 0 aliphatic rings. The SMILES string of the molecule is Cc1nccc(CC#N)c1C. The molecule has 1 heterocycles. The summed E-state index contributed by atoms with van der Waals surface area (Å²) in [6.07, 6.45) is 2.23. The fraction of sp³-hybridized carbons (Fsp3) is 0.333. The number of hydrogen-bond donors (Lipinski definition) is 0. The van der Waals surface area contributed by atoms with Crippen molar-refractivity contribution in [2.75, 3.05) is 0 Å². The summed E-state index contributed by atoms with van der Waals surface area (Å²) in [4.78, 5) is 4.11. The number of aryl methyl sites for hydroxylation is 1. The van der Waals surface area contributed by atoms with E-state index in [1.54, 1.807) is 6.20 Å². The third kappa shape index (κ3) is 1.56. The molecule has 0 fully saturated rings. The van der Waals surface area contributed by atoms with Crippen LogP contribution in [0.2, 0.25) is 0 Å². The molecule has 1 aromatic heterocycles. The Balaban J connectivity index is 3.08. The smallest absolute Gasteiger partial charge is 0.0669 e. The number of pyridine rings is 1. The Hall–Kier alpha value is -1.36. The van der Waals surface area contributed by atoms with Crippen molar-refractivity contribution in [1.29, 1.82) is 5.26 Å². The van der Waals surface area contributed by atoms with Crippen LogP contribution in [0.3, 0.4) is 0 Å². The molecule has 0 spiro atoms. The van der Waals surface area contributed by atoms with Gasteiger partial charge in [-0.1, -0.05) is 0 Å². The minimum absolute atomic E-state index is 0.481. The van der Waals surface area contributed by atoms with Crippen LogP contribution in [0, 0.1) is 25.2 Å². The molecule has 56 valence electrons. The quantitative estimate of drug-likeness (QED) is 0.605. The van der Waals surface area contributed by atoms with Crippen molar-refractivity contribution in [3.05, 3.63) is 29.1 Å². The van der Waals surface area contributed by atoms with Gasteiger partial charge in [-0.15, -0.1) is 0 Å². The third-order valence-corrected chi connectivity index (χ3v) is 1.84. The van der Waals surface area contributed by atoms with E-state index in [1.165, 1.54) is 0 Å². The minimum Gasteiger partial charge on any atom is -0.261 e. The molecule has 0 unspecified atom stereocenters. The highest BCUT2D eigenvalue weighted by Gasteiger charge is 1.99. The van der Waals surface area contributed by atoms with E-state index in [2.05, 4.69) is 11.1 Å². The van der Waals surface area contributed by atoms with E-state index in [1.807, 2.05) is 19.9 Å². The molecule has 0 saturated heterocycles. The molecule has 0 N–H and O–H groups in total. The molecule has 0 amide bonds. The first-order valence-electron chi connectivity index (χ1n) is 3.53. The van der Waals surface area contributed by atoms with Crippen molar-refractivity contribution in [2.24, 2.45) is 0 Å². The van der Waals surface area contributed by atoms with Gasteiger partial charge in [0.15, 0.2) is 0 Å². The van der Waals surface area contributed by atoms with Crippen molar-refractivity contribution in [3.8, 4) is 6.07 Å². The zero-order valence-corrected chi connectivity index (χ0v) is 6.76. The van der Waals surface area contributed by atoms with Crippen LogP contribution in [0.5, 0.6) is 0 Å². The third-order valence-electron chi connectivity index (χ3n) is 1.84. The van der Waals surface area contributed by atoms with E-state index in [0.717, 1.165) is 16.8 Å². The Labute approximate surface area is 66.5 Å². The number of nitriles is 1. The van der Waals surface area contributed by atoms with E-state index in [4.69, 9.17) is 5.26 Å². The van der Waals surface area contributed by atoms with Crippen LogP contribution >= 0.6 is 0 Å². The molecule has 0 bridgehead atoms. The predicted molar refractivity (Wildman–Crippen MR) is 43.0 cm³/mol. The van der Waals surface area contributed by atoms with Crippen molar-refractivity contribution in [3.63, 3.8) is 0 Å². The second-order valence-electron chi connectivity index (χ2n) is 2.52. The highest BCUT2D eigenvalue weighted by Crippen LogP contribution is 2.09. The molecule has 2 heteroatoms. The molecule has 11 heavy (non-hydrogen) atoms. The Morgan fingerprint density at radius 1 is 1.55 bits per heavy atom. The van der Waals surface area contributed by atoms with Crippen LogP contribution in [-0.4, -0.2) is 4.98 Å². The number of rotatable bonds is 1. The fourth-order valence-electron chi connectivity index (χ4n) is 0.970. The molecule has 0 radical (unpaired) electrons. The van der Waals surface area contributed by atoms with E-state index >= 15 is 0 Å². The van der Waals surface area contributed by atoms with Crippen molar-refractivity contribution >= 4 is 0 Å². The molecule has 1 rings (SSSR count). The van der Waals surface area contributed by atoms with E-state index in [-0.39, 0.29) is 0 Å². The highest BCUT2D eigenvalue weighted by molar-refractivity contribution is 5.29. The Bertz CT molecular complexity index is 297. The molecule has 0 atom stereocenters. The van der Waals surface area contributed by atoms with Gasteiger partial charge in [0.05, 0.1) is 12.5 Å². The van der Waals surface area contributed by atoms with Crippen LogP contribution in [0.25, 0.3) is 0 Å². The fourth-order valence-corrected chi connectivity index (χ4v) is 0.970. The lowest BCUT2D eigenvalue weighted by molar-refractivity contribution is 1.09.